The summed E-state index contributed by atoms with van der Waals surface area (Å²) < 4.78 is 6.60. The van der Waals surface area contributed by atoms with Crippen LogP contribution in [0.1, 0.15) is 17.9 Å². The van der Waals surface area contributed by atoms with Gasteiger partial charge < -0.3 is 9.32 Å². The number of nitrogens with zero attached hydrogens (tertiary/aromatic N) is 1. The number of anilines is 3. The minimum Gasteiger partial charge on any atom is -0.455 e. The summed E-state index contributed by atoms with van der Waals surface area (Å²) in [6.07, 6.45) is 9.87. The second-order valence-corrected chi connectivity index (χ2v) is 13.6. The minimum absolute atomic E-state index is 0.395. The molecule has 0 saturated carbocycles. The van der Waals surface area contributed by atoms with E-state index in [4.69, 9.17) is 4.42 Å². The third-order valence-corrected chi connectivity index (χ3v) is 10.6. The first-order valence-electron chi connectivity index (χ1n) is 18.0. The molecule has 246 valence electrons. The maximum atomic E-state index is 6.60. The molecular formula is C50H35NO. The van der Waals surface area contributed by atoms with Crippen molar-refractivity contribution >= 4 is 60.5 Å². The number of furan rings is 1. The number of rotatable bonds is 6. The molecule has 9 aromatic rings. The van der Waals surface area contributed by atoms with Crippen molar-refractivity contribution in [3.05, 3.63) is 200 Å². The average Bonchev–Trinajstić information content (AvgIpc) is 3.62. The van der Waals surface area contributed by atoms with Crippen LogP contribution in [0.2, 0.25) is 0 Å². The Hall–Kier alpha value is -6.64. The summed E-state index contributed by atoms with van der Waals surface area (Å²) in [5.74, 6) is 0.395. The summed E-state index contributed by atoms with van der Waals surface area (Å²) in [6.45, 7) is 0. The number of fused-ring (bicyclic) bond motifs is 6. The number of hydrogen-bond donors (Lipinski definition) is 0. The summed E-state index contributed by atoms with van der Waals surface area (Å²) in [5.41, 5.74) is 11.1. The van der Waals surface area contributed by atoms with Crippen molar-refractivity contribution in [2.24, 2.45) is 0 Å². The monoisotopic (exact) mass is 665 g/mol. The summed E-state index contributed by atoms with van der Waals surface area (Å²) >= 11 is 0. The molecule has 0 fully saturated rings. The molecular weight excluding hydrogens is 631 g/mol. The van der Waals surface area contributed by atoms with E-state index < -0.39 is 0 Å². The quantitative estimate of drug-likeness (QED) is 0.176. The van der Waals surface area contributed by atoms with Gasteiger partial charge in [-0.1, -0.05) is 152 Å². The average molecular weight is 666 g/mol. The van der Waals surface area contributed by atoms with Gasteiger partial charge in [-0.05, 0) is 87.1 Å². The van der Waals surface area contributed by atoms with Gasteiger partial charge >= 0.3 is 0 Å². The molecule has 1 aliphatic rings. The predicted octanol–water partition coefficient (Wildman–Crippen LogP) is 14.3. The van der Waals surface area contributed by atoms with Crippen LogP contribution < -0.4 is 4.90 Å². The molecule has 0 amide bonds. The molecule has 0 spiro atoms. The van der Waals surface area contributed by atoms with Gasteiger partial charge in [0.25, 0.3) is 0 Å². The van der Waals surface area contributed by atoms with Gasteiger partial charge in [0.1, 0.15) is 11.2 Å². The topological polar surface area (TPSA) is 16.4 Å². The van der Waals surface area contributed by atoms with Crippen molar-refractivity contribution in [1.29, 1.82) is 0 Å². The van der Waals surface area contributed by atoms with Crippen molar-refractivity contribution in [1.82, 2.24) is 0 Å². The van der Waals surface area contributed by atoms with E-state index in [9.17, 15) is 0 Å². The molecule has 2 nitrogen and oxygen atoms in total. The van der Waals surface area contributed by atoms with Gasteiger partial charge in [-0.15, -0.1) is 0 Å². The first-order chi connectivity index (χ1) is 25.8. The van der Waals surface area contributed by atoms with Crippen LogP contribution in [0, 0.1) is 0 Å². The van der Waals surface area contributed by atoms with E-state index in [-0.39, 0.29) is 0 Å². The SMILES string of the molecule is C1=CCC(c2ccc(N(c3ccc(-c4cc5ccccc5c5c4oc4ccccc45)cc3)c3ccccc3-c3cccc4ccccc34)cc2)C=C1. The fourth-order valence-electron chi connectivity index (χ4n) is 8.06. The normalized spacial score (nSPS) is 14.1. The number of para-hydroxylation sites is 2. The molecule has 10 rings (SSSR count). The van der Waals surface area contributed by atoms with Crippen LogP contribution >= 0.6 is 0 Å². The summed E-state index contributed by atoms with van der Waals surface area (Å²) in [6, 6.07) is 61.4. The number of benzene rings is 8. The van der Waals surface area contributed by atoms with Crippen LogP contribution in [0.5, 0.6) is 0 Å². The van der Waals surface area contributed by atoms with E-state index in [0.29, 0.717) is 5.92 Å². The van der Waals surface area contributed by atoms with E-state index in [1.807, 2.05) is 6.07 Å². The van der Waals surface area contributed by atoms with Gasteiger partial charge in [-0.25, -0.2) is 0 Å². The summed E-state index contributed by atoms with van der Waals surface area (Å²) in [5, 5.41) is 7.20. The van der Waals surface area contributed by atoms with Crippen LogP contribution in [0.15, 0.2) is 199 Å². The lowest BCUT2D eigenvalue weighted by Crippen LogP contribution is -2.11. The smallest absolute Gasteiger partial charge is 0.143 e. The zero-order chi connectivity index (χ0) is 34.4. The highest BCUT2D eigenvalue weighted by molar-refractivity contribution is 6.22. The van der Waals surface area contributed by atoms with Crippen molar-refractivity contribution in [2.45, 2.75) is 12.3 Å². The Morgan fingerprint density at radius 2 is 1.15 bits per heavy atom. The third-order valence-electron chi connectivity index (χ3n) is 10.6. The Morgan fingerprint density at radius 3 is 1.96 bits per heavy atom. The van der Waals surface area contributed by atoms with Crippen molar-refractivity contribution in [2.75, 3.05) is 4.90 Å². The maximum absolute atomic E-state index is 6.60. The molecule has 1 atom stereocenters. The lowest BCUT2D eigenvalue weighted by atomic mass is 9.92. The van der Waals surface area contributed by atoms with Crippen LogP contribution in [0.3, 0.4) is 0 Å². The van der Waals surface area contributed by atoms with E-state index in [2.05, 4.69) is 193 Å². The molecule has 0 N–H and O–H groups in total. The van der Waals surface area contributed by atoms with Gasteiger partial charge in [0.05, 0.1) is 5.69 Å². The van der Waals surface area contributed by atoms with Crippen molar-refractivity contribution in [3.63, 3.8) is 0 Å². The second kappa shape index (κ2) is 12.6. The molecule has 52 heavy (non-hydrogen) atoms. The van der Waals surface area contributed by atoms with E-state index >= 15 is 0 Å². The van der Waals surface area contributed by atoms with Crippen molar-refractivity contribution < 1.29 is 4.42 Å². The second-order valence-electron chi connectivity index (χ2n) is 13.6. The highest BCUT2D eigenvalue weighted by atomic mass is 16.3. The van der Waals surface area contributed by atoms with Gasteiger partial charge in [-0.3, -0.25) is 0 Å². The molecule has 1 aliphatic carbocycles. The van der Waals surface area contributed by atoms with Gasteiger partial charge in [-0.2, -0.15) is 0 Å². The molecule has 8 aromatic carbocycles. The van der Waals surface area contributed by atoms with E-state index in [1.54, 1.807) is 0 Å². The minimum atomic E-state index is 0.395. The van der Waals surface area contributed by atoms with E-state index in [0.717, 1.165) is 51.2 Å². The molecule has 2 heteroatoms. The lowest BCUT2D eigenvalue weighted by Gasteiger charge is -2.29. The Kier molecular flexibility index (Phi) is 7.32. The van der Waals surface area contributed by atoms with Crippen molar-refractivity contribution in [3.8, 4) is 22.3 Å². The highest BCUT2D eigenvalue weighted by Crippen LogP contribution is 2.45. The number of hydrogen-bond acceptors (Lipinski definition) is 2. The van der Waals surface area contributed by atoms with Crippen LogP contribution in [-0.4, -0.2) is 0 Å². The summed E-state index contributed by atoms with van der Waals surface area (Å²) in [7, 11) is 0. The Balaban J connectivity index is 1.14. The largest absolute Gasteiger partial charge is 0.455 e. The summed E-state index contributed by atoms with van der Waals surface area (Å²) in [4.78, 5) is 2.40. The molecule has 1 heterocycles. The molecule has 0 saturated heterocycles. The molecule has 0 radical (unpaired) electrons. The molecule has 0 bridgehead atoms. The highest BCUT2D eigenvalue weighted by Gasteiger charge is 2.21. The van der Waals surface area contributed by atoms with Gasteiger partial charge in [0.2, 0.25) is 0 Å². The third kappa shape index (κ3) is 5.11. The van der Waals surface area contributed by atoms with E-state index in [1.165, 1.54) is 43.6 Å². The van der Waals surface area contributed by atoms with Crippen LogP contribution in [-0.2, 0) is 0 Å². The first kappa shape index (κ1) is 30.2. The predicted molar refractivity (Wildman–Crippen MR) is 220 cm³/mol. The standard InChI is InChI=1S/C50H35NO/c1-2-13-34(14-3-1)35-25-29-39(30-26-35)51(47-23-10-8-20-44(47)43-22-12-17-36-15-4-6-18-41(36)43)40-31-27-37(28-32-40)46-33-38-16-5-7-19-42(38)49-45-21-9-11-24-48(45)52-50(46)49/h1-13,15-34H,14H2. The van der Waals surface area contributed by atoms with Gasteiger partial charge in [0, 0.05) is 39.2 Å². The molecule has 1 unspecified atom stereocenters. The zero-order valence-electron chi connectivity index (χ0n) is 28.6. The zero-order valence-corrected chi connectivity index (χ0v) is 28.6. The number of allylic oxidation sites excluding steroid dienone is 4. The Morgan fingerprint density at radius 1 is 0.500 bits per heavy atom. The molecule has 0 aliphatic heterocycles. The van der Waals surface area contributed by atoms with Crippen LogP contribution in [0.4, 0.5) is 17.1 Å². The maximum Gasteiger partial charge on any atom is 0.143 e. The Bertz CT molecular complexity index is 2810. The van der Waals surface area contributed by atoms with Crippen LogP contribution in [0.25, 0.3) is 65.7 Å². The molecule has 1 aromatic heterocycles. The fourth-order valence-corrected chi connectivity index (χ4v) is 8.06. The Labute approximate surface area is 303 Å². The lowest BCUT2D eigenvalue weighted by molar-refractivity contribution is 0.670. The van der Waals surface area contributed by atoms with Gasteiger partial charge in [0.15, 0.2) is 0 Å². The first-order valence-corrected chi connectivity index (χ1v) is 18.0. The fraction of sp³-hybridized carbons (Fsp3) is 0.0400.